The molecule has 0 aromatic rings. The van der Waals surface area contributed by atoms with Gasteiger partial charge in [0.05, 0.1) is 19.3 Å². The summed E-state index contributed by atoms with van der Waals surface area (Å²) in [5.74, 6) is -1.24. The van der Waals surface area contributed by atoms with Crippen LogP contribution in [0.5, 0.6) is 0 Å². The van der Waals surface area contributed by atoms with E-state index < -0.39 is 18.1 Å². The van der Waals surface area contributed by atoms with E-state index in [1.54, 1.807) is 0 Å². The molecular formula is C7H9NO5. The minimum Gasteiger partial charge on any atom is -0.480 e. The van der Waals surface area contributed by atoms with Crippen molar-refractivity contribution in [1.82, 2.24) is 4.90 Å². The van der Waals surface area contributed by atoms with Gasteiger partial charge in [-0.1, -0.05) is 0 Å². The third kappa shape index (κ3) is 1.06. The summed E-state index contributed by atoms with van der Waals surface area (Å²) in [4.78, 5) is 22.3. The summed E-state index contributed by atoms with van der Waals surface area (Å²) in [6.07, 6.45) is -1.40. The Bertz CT molecular complexity index is 266. The summed E-state index contributed by atoms with van der Waals surface area (Å²) >= 11 is 0. The molecular weight excluding hydrogens is 178 g/mol. The molecule has 0 aromatic heterocycles. The van der Waals surface area contributed by atoms with Crippen LogP contribution >= 0.6 is 0 Å². The fourth-order valence-corrected chi connectivity index (χ4v) is 1.88. The Morgan fingerprint density at radius 2 is 2.08 bits per heavy atom. The van der Waals surface area contributed by atoms with Crippen molar-refractivity contribution in [2.45, 2.75) is 12.1 Å². The molecule has 6 nitrogen and oxygen atoms in total. The van der Waals surface area contributed by atoms with Crippen LogP contribution in [0.1, 0.15) is 0 Å². The first-order valence-corrected chi connectivity index (χ1v) is 3.95. The molecule has 2 saturated heterocycles. The van der Waals surface area contributed by atoms with Gasteiger partial charge in [-0.05, 0) is 0 Å². The van der Waals surface area contributed by atoms with Crippen molar-refractivity contribution >= 4 is 12.1 Å². The van der Waals surface area contributed by atoms with E-state index in [4.69, 9.17) is 14.9 Å². The molecule has 6 heteroatoms. The Kier molecular flexibility index (Phi) is 1.66. The fourth-order valence-electron chi connectivity index (χ4n) is 1.88. The Labute approximate surface area is 73.7 Å². The van der Waals surface area contributed by atoms with Crippen LogP contribution in [0.4, 0.5) is 4.79 Å². The minimum atomic E-state index is -1.19. The number of hydrogen-bond acceptors (Lipinski definition) is 3. The maximum Gasteiger partial charge on any atom is 0.408 e. The van der Waals surface area contributed by atoms with Crippen molar-refractivity contribution < 1.29 is 24.5 Å². The number of amides is 1. The molecule has 0 bridgehead atoms. The molecule has 0 spiro atoms. The minimum absolute atomic E-state index is 0.159. The van der Waals surface area contributed by atoms with Gasteiger partial charge in [-0.3, -0.25) is 4.90 Å². The SMILES string of the molecule is O=C(O)C1C2COC2CN1C(=O)O. The highest BCUT2D eigenvalue weighted by Crippen LogP contribution is 2.34. The van der Waals surface area contributed by atoms with E-state index in [0.717, 1.165) is 4.90 Å². The van der Waals surface area contributed by atoms with Crippen molar-refractivity contribution in [1.29, 1.82) is 0 Å². The number of carboxylic acids is 1. The number of aliphatic carboxylic acids is 1. The number of fused-ring (bicyclic) bond motifs is 1. The molecule has 2 heterocycles. The fraction of sp³-hybridized carbons (Fsp3) is 0.714. The molecule has 3 atom stereocenters. The lowest BCUT2D eigenvalue weighted by molar-refractivity contribution is -0.149. The smallest absolute Gasteiger partial charge is 0.408 e. The van der Waals surface area contributed by atoms with Crippen LogP contribution in [0.25, 0.3) is 0 Å². The molecule has 1 amide bonds. The van der Waals surface area contributed by atoms with Gasteiger partial charge in [0.1, 0.15) is 6.04 Å². The zero-order chi connectivity index (χ0) is 9.59. The van der Waals surface area contributed by atoms with Crippen molar-refractivity contribution in [2.75, 3.05) is 13.2 Å². The molecule has 13 heavy (non-hydrogen) atoms. The molecule has 2 fully saturated rings. The summed E-state index contributed by atoms with van der Waals surface area (Å²) in [7, 11) is 0. The number of carboxylic acid groups (broad SMARTS) is 2. The van der Waals surface area contributed by atoms with Crippen molar-refractivity contribution in [3.63, 3.8) is 0 Å². The third-order valence-corrected chi connectivity index (χ3v) is 2.60. The highest BCUT2D eigenvalue weighted by Gasteiger charge is 2.53. The number of ether oxygens (including phenoxy) is 1. The van der Waals surface area contributed by atoms with Crippen molar-refractivity contribution in [2.24, 2.45) is 5.92 Å². The van der Waals surface area contributed by atoms with E-state index in [1.165, 1.54) is 0 Å². The van der Waals surface area contributed by atoms with Crippen LogP contribution in [-0.4, -0.2) is 52.5 Å². The molecule has 2 aliphatic rings. The van der Waals surface area contributed by atoms with E-state index in [-0.39, 0.29) is 18.6 Å². The third-order valence-electron chi connectivity index (χ3n) is 2.60. The number of carbonyl (C=O) groups is 2. The maximum absolute atomic E-state index is 10.7. The monoisotopic (exact) mass is 187 g/mol. The first-order chi connectivity index (χ1) is 6.11. The van der Waals surface area contributed by atoms with Gasteiger partial charge in [-0.2, -0.15) is 0 Å². The van der Waals surface area contributed by atoms with Gasteiger partial charge in [0, 0.05) is 5.92 Å². The first-order valence-electron chi connectivity index (χ1n) is 3.95. The molecule has 0 aliphatic carbocycles. The molecule has 0 radical (unpaired) electrons. The lowest BCUT2D eigenvalue weighted by Crippen LogP contribution is -2.47. The van der Waals surface area contributed by atoms with Crippen molar-refractivity contribution in [3.8, 4) is 0 Å². The summed E-state index contributed by atoms with van der Waals surface area (Å²) in [6.45, 7) is 0.530. The van der Waals surface area contributed by atoms with Gasteiger partial charge in [-0.15, -0.1) is 0 Å². The predicted octanol–water partition coefficient (Wildman–Crippen LogP) is -0.552. The van der Waals surface area contributed by atoms with E-state index in [2.05, 4.69) is 0 Å². The molecule has 2 N–H and O–H groups in total. The lowest BCUT2D eigenvalue weighted by Gasteiger charge is -2.31. The Morgan fingerprint density at radius 1 is 1.38 bits per heavy atom. The zero-order valence-corrected chi connectivity index (χ0v) is 6.71. The molecule has 2 aliphatic heterocycles. The number of hydrogen-bond donors (Lipinski definition) is 2. The Balaban J connectivity index is 2.19. The van der Waals surface area contributed by atoms with E-state index in [0.29, 0.717) is 6.61 Å². The number of rotatable bonds is 1. The number of nitrogens with zero attached hydrogens (tertiary/aromatic N) is 1. The van der Waals surface area contributed by atoms with Crippen LogP contribution in [0, 0.1) is 5.92 Å². The van der Waals surface area contributed by atoms with Crippen LogP contribution in [0.2, 0.25) is 0 Å². The van der Waals surface area contributed by atoms with Gasteiger partial charge in [-0.25, -0.2) is 9.59 Å². The van der Waals surface area contributed by atoms with Crippen molar-refractivity contribution in [3.05, 3.63) is 0 Å². The second kappa shape index (κ2) is 2.59. The second-order valence-electron chi connectivity index (χ2n) is 3.25. The highest BCUT2D eigenvalue weighted by atomic mass is 16.5. The van der Waals surface area contributed by atoms with E-state index in [9.17, 15) is 9.59 Å². The Morgan fingerprint density at radius 3 is 2.46 bits per heavy atom. The second-order valence-corrected chi connectivity index (χ2v) is 3.25. The molecule has 2 rings (SSSR count). The number of likely N-dealkylation sites (tertiary alicyclic amines) is 1. The van der Waals surface area contributed by atoms with Gasteiger partial charge >= 0.3 is 12.1 Å². The first kappa shape index (κ1) is 8.31. The largest absolute Gasteiger partial charge is 0.480 e. The molecule has 3 unspecified atom stereocenters. The standard InChI is InChI=1S/C7H9NO5/c9-6(10)5-3-2-13-4(3)1-8(5)7(11)12/h3-5H,1-2H2,(H,9,10)(H,11,12). The predicted molar refractivity (Wildman–Crippen MR) is 39.4 cm³/mol. The average Bonchev–Trinajstić information content (AvgIpc) is 2.23. The molecule has 0 saturated carbocycles. The maximum atomic E-state index is 10.7. The summed E-state index contributed by atoms with van der Waals surface area (Å²) < 4.78 is 5.05. The van der Waals surface area contributed by atoms with Crippen LogP contribution < -0.4 is 0 Å². The topological polar surface area (TPSA) is 87.1 Å². The van der Waals surface area contributed by atoms with Gasteiger partial charge < -0.3 is 14.9 Å². The van der Waals surface area contributed by atoms with E-state index >= 15 is 0 Å². The summed E-state index contributed by atoms with van der Waals surface area (Å²) in [6, 6.07) is -0.920. The highest BCUT2D eigenvalue weighted by molar-refractivity contribution is 5.80. The summed E-state index contributed by atoms with van der Waals surface area (Å²) in [5, 5.41) is 17.5. The van der Waals surface area contributed by atoms with Gasteiger partial charge in [0.15, 0.2) is 0 Å². The van der Waals surface area contributed by atoms with Crippen LogP contribution in [0.15, 0.2) is 0 Å². The summed E-state index contributed by atoms with van der Waals surface area (Å²) in [5.41, 5.74) is 0. The van der Waals surface area contributed by atoms with Gasteiger partial charge in [0.2, 0.25) is 0 Å². The van der Waals surface area contributed by atoms with Gasteiger partial charge in [0.25, 0.3) is 0 Å². The Hall–Kier alpha value is -1.30. The average molecular weight is 187 g/mol. The van der Waals surface area contributed by atoms with Crippen LogP contribution in [0.3, 0.4) is 0 Å². The molecule has 0 aromatic carbocycles. The zero-order valence-electron chi connectivity index (χ0n) is 6.71. The normalized spacial score (nSPS) is 36.6. The van der Waals surface area contributed by atoms with Crippen LogP contribution in [-0.2, 0) is 9.53 Å². The lowest BCUT2D eigenvalue weighted by atomic mass is 9.95. The quantitative estimate of drug-likeness (QED) is 0.575. The molecule has 72 valence electrons. The van der Waals surface area contributed by atoms with E-state index in [1.807, 2.05) is 0 Å².